The molecule has 0 saturated carbocycles. The Morgan fingerprint density at radius 3 is 2.70 bits per heavy atom. The molecule has 4 heteroatoms. The lowest BCUT2D eigenvalue weighted by molar-refractivity contribution is 0.944. The standard InChI is InChI=1S/C19H17N3S/c1-13-18(14-7-2-3-8-15(14)21-13)19(16-9-6-12-23-16)22-17-10-4-5-11-20-17/h2-12,19,21H,1H3,(H,20,22)/t19-/m1/s1. The van der Waals surface area contributed by atoms with Crippen LogP contribution in [0.15, 0.2) is 66.2 Å². The van der Waals surface area contributed by atoms with E-state index in [2.05, 4.69) is 64.0 Å². The minimum absolute atomic E-state index is 0.0843. The fraction of sp³-hybridized carbons (Fsp3) is 0.105. The highest BCUT2D eigenvalue weighted by Crippen LogP contribution is 2.35. The second-order valence-electron chi connectivity index (χ2n) is 5.52. The number of nitrogens with zero attached hydrogens (tertiary/aromatic N) is 1. The van der Waals surface area contributed by atoms with Gasteiger partial charge in [-0.3, -0.25) is 0 Å². The van der Waals surface area contributed by atoms with Crippen LogP contribution in [0.2, 0.25) is 0 Å². The van der Waals surface area contributed by atoms with Crippen LogP contribution in [0.4, 0.5) is 5.82 Å². The predicted molar refractivity (Wildman–Crippen MR) is 97.1 cm³/mol. The summed E-state index contributed by atoms with van der Waals surface area (Å²) in [5.41, 5.74) is 3.64. The van der Waals surface area contributed by atoms with Crippen LogP contribution < -0.4 is 5.32 Å². The number of hydrogen-bond acceptors (Lipinski definition) is 3. The van der Waals surface area contributed by atoms with Crippen molar-refractivity contribution in [2.45, 2.75) is 13.0 Å². The number of hydrogen-bond donors (Lipinski definition) is 2. The van der Waals surface area contributed by atoms with Crippen molar-refractivity contribution in [3.63, 3.8) is 0 Å². The first-order chi connectivity index (χ1) is 11.3. The van der Waals surface area contributed by atoms with Crippen LogP contribution in [0.1, 0.15) is 22.2 Å². The van der Waals surface area contributed by atoms with Crippen molar-refractivity contribution in [1.29, 1.82) is 0 Å². The Hall–Kier alpha value is -2.59. The van der Waals surface area contributed by atoms with Crippen molar-refractivity contribution in [3.8, 4) is 0 Å². The van der Waals surface area contributed by atoms with Gasteiger partial charge in [0.25, 0.3) is 0 Å². The second kappa shape index (κ2) is 5.89. The number of aromatic amines is 1. The molecule has 4 aromatic rings. The molecule has 1 aromatic carbocycles. The highest BCUT2D eigenvalue weighted by atomic mass is 32.1. The Kier molecular flexibility index (Phi) is 3.60. The zero-order valence-electron chi connectivity index (χ0n) is 12.8. The van der Waals surface area contributed by atoms with Crippen LogP contribution in [0.25, 0.3) is 10.9 Å². The molecule has 1 atom stereocenters. The van der Waals surface area contributed by atoms with Crippen molar-refractivity contribution >= 4 is 28.1 Å². The number of aryl methyl sites for hydroxylation is 1. The van der Waals surface area contributed by atoms with Gasteiger partial charge in [0.1, 0.15) is 5.82 Å². The van der Waals surface area contributed by atoms with Crippen molar-refractivity contribution in [3.05, 3.63) is 82.3 Å². The molecule has 0 fully saturated rings. The molecular weight excluding hydrogens is 302 g/mol. The number of para-hydroxylation sites is 1. The van der Waals surface area contributed by atoms with Crippen molar-refractivity contribution in [2.24, 2.45) is 0 Å². The Morgan fingerprint density at radius 1 is 1.04 bits per heavy atom. The highest BCUT2D eigenvalue weighted by molar-refractivity contribution is 7.10. The molecule has 0 bridgehead atoms. The lowest BCUT2D eigenvalue weighted by atomic mass is 10.0. The third kappa shape index (κ3) is 2.62. The van der Waals surface area contributed by atoms with Gasteiger partial charge in [0.2, 0.25) is 0 Å². The molecule has 114 valence electrons. The first-order valence-corrected chi connectivity index (χ1v) is 8.49. The molecule has 0 spiro atoms. The first kappa shape index (κ1) is 14.0. The zero-order valence-corrected chi connectivity index (χ0v) is 13.6. The summed E-state index contributed by atoms with van der Waals surface area (Å²) >= 11 is 1.76. The summed E-state index contributed by atoms with van der Waals surface area (Å²) in [4.78, 5) is 9.21. The molecule has 2 N–H and O–H groups in total. The Morgan fingerprint density at radius 2 is 1.91 bits per heavy atom. The summed E-state index contributed by atoms with van der Waals surface area (Å²) in [7, 11) is 0. The maximum absolute atomic E-state index is 4.43. The fourth-order valence-electron chi connectivity index (χ4n) is 3.01. The number of aromatic nitrogens is 2. The van der Waals surface area contributed by atoms with E-state index in [0.29, 0.717) is 0 Å². The molecule has 0 aliphatic heterocycles. The Balaban J connectivity index is 1.86. The smallest absolute Gasteiger partial charge is 0.126 e. The van der Waals surface area contributed by atoms with Gasteiger partial charge in [0, 0.05) is 33.2 Å². The lowest BCUT2D eigenvalue weighted by Crippen LogP contribution is -2.12. The van der Waals surface area contributed by atoms with Gasteiger partial charge in [-0.25, -0.2) is 4.98 Å². The van der Waals surface area contributed by atoms with Crippen LogP contribution in [-0.2, 0) is 0 Å². The number of benzene rings is 1. The van der Waals surface area contributed by atoms with Crippen LogP contribution in [0.5, 0.6) is 0 Å². The van der Waals surface area contributed by atoms with E-state index in [1.54, 1.807) is 11.3 Å². The van der Waals surface area contributed by atoms with E-state index in [4.69, 9.17) is 0 Å². The molecule has 0 unspecified atom stereocenters. The number of rotatable bonds is 4. The van der Waals surface area contributed by atoms with Gasteiger partial charge in [-0.15, -0.1) is 11.3 Å². The number of pyridine rings is 1. The molecule has 0 amide bonds. The van der Waals surface area contributed by atoms with Gasteiger partial charge < -0.3 is 10.3 Å². The third-order valence-electron chi connectivity index (χ3n) is 4.02. The van der Waals surface area contributed by atoms with Gasteiger partial charge in [-0.2, -0.15) is 0 Å². The Labute approximate surface area is 139 Å². The maximum Gasteiger partial charge on any atom is 0.126 e. The van der Waals surface area contributed by atoms with Crippen LogP contribution in [0, 0.1) is 6.92 Å². The van der Waals surface area contributed by atoms with Crippen LogP contribution in [0.3, 0.4) is 0 Å². The van der Waals surface area contributed by atoms with E-state index in [-0.39, 0.29) is 6.04 Å². The average Bonchev–Trinajstić information content (AvgIpc) is 3.21. The van der Waals surface area contributed by atoms with E-state index in [9.17, 15) is 0 Å². The monoisotopic (exact) mass is 319 g/mol. The van der Waals surface area contributed by atoms with Gasteiger partial charge in [0.15, 0.2) is 0 Å². The maximum atomic E-state index is 4.43. The number of anilines is 1. The fourth-order valence-corrected chi connectivity index (χ4v) is 3.79. The van der Waals surface area contributed by atoms with E-state index in [0.717, 1.165) is 5.82 Å². The second-order valence-corrected chi connectivity index (χ2v) is 6.50. The van der Waals surface area contributed by atoms with E-state index in [1.165, 1.54) is 27.0 Å². The molecule has 3 nitrogen and oxygen atoms in total. The van der Waals surface area contributed by atoms with E-state index < -0.39 is 0 Å². The number of thiophene rings is 1. The highest BCUT2D eigenvalue weighted by Gasteiger charge is 2.21. The molecule has 3 aromatic heterocycles. The van der Waals surface area contributed by atoms with Crippen molar-refractivity contribution in [1.82, 2.24) is 9.97 Å². The van der Waals surface area contributed by atoms with Gasteiger partial charge in [-0.05, 0) is 36.6 Å². The number of fused-ring (bicyclic) bond motifs is 1. The van der Waals surface area contributed by atoms with Gasteiger partial charge >= 0.3 is 0 Å². The number of H-pyrrole nitrogens is 1. The molecule has 0 aliphatic carbocycles. The minimum atomic E-state index is 0.0843. The summed E-state index contributed by atoms with van der Waals surface area (Å²) in [6.07, 6.45) is 1.82. The third-order valence-corrected chi connectivity index (χ3v) is 4.95. The quantitative estimate of drug-likeness (QED) is 0.547. The summed E-state index contributed by atoms with van der Waals surface area (Å²) in [6, 6.07) is 18.7. The summed E-state index contributed by atoms with van der Waals surface area (Å²) in [6.45, 7) is 2.13. The largest absolute Gasteiger partial charge is 0.358 e. The average molecular weight is 319 g/mol. The molecule has 23 heavy (non-hydrogen) atoms. The van der Waals surface area contributed by atoms with Crippen LogP contribution in [-0.4, -0.2) is 9.97 Å². The molecular formula is C19H17N3S. The zero-order chi connectivity index (χ0) is 15.6. The van der Waals surface area contributed by atoms with Crippen molar-refractivity contribution in [2.75, 3.05) is 5.32 Å². The van der Waals surface area contributed by atoms with Gasteiger partial charge in [0.05, 0.1) is 6.04 Å². The normalized spacial score (nSPS) is 12.4. The predicted octanol–water partition coefficient (Wildman–Crippen LogP) is 5.13. The van der Waals surface area contributed by atoms with Crippen molar-refractivity contribution < 1.29 is 0 Å². The first-order valence-electron chi connectivity index (χ1n) is 7.61. The molecule has 0 radical (unpaired) electrons. The molecule has 0 aliphatic rings. The molecule has 4 rings (SSSR count). The lowest BCUT2D eigenvalue weighted by Gasteiger charge is -2.19. The summed E-state index contributed by atoms with van der Waals surface area (Å²) in [5.74, 6) is 0.885. The summed E-state index contributed by atoms with van der Waals surface area (Å²) in [5, 5.41) is 6.97. The Bertz CT molecular complexity index is 910. The SMILES string of the molecule is Cc1[nH]c2ccccc2c1[C@H](Nc1ccccn1)c1cccs1. The van der Waals surface area contributed by atoms with Crippen LogP contribution >= 0.6 is 11.3 Å². The molecule has 0 saturated heterocycles. The topological polar surface area (TPSA) is 40.7 Å². The summed E-state index contributed by atoms with van der Waals surface area (Å²) < 4.78 is 0. The minimum Gasteiger partial charge on any atom is -0.358 e. The van der Waals surface area contributed by atoms with Gasteiger partial charge in [-0.1, -0.05) is 30.3 Å². The van der Waals surface area contributed by atoms with E-state index >= 15 is 0 Å². The molecule has 3 heterocycles. The van der Waals surface area contributed by atoms with E-state index in [1.807, 2.05) is 24.4 Å². The number of nitrogens with one attached hydrogen (secondary N) is 2.